The first-order valence-corrected chi connectivity index (χ1v) is 11.8. The van der Waals surface area contributed by atoms with E-state index in [-0.39, 0.29) is 18.6 Å². The largest absolute Gasteiger partial charge is 0.373 e. The third kappa shape index (κ3) is 3.79. The summed E-state index contributed by atoms with van der Waals surface area (Å²) in [5.74, 6) is 0.283. The number of amides is 1. The fraction of sp³-hybridized carbons (Fsp3) is 0.417. The molecule has 1 aliphatic heterocycles. The normalized spacial score (nSPS) is 22.2. The number of fused-ring (bicyclic) bond motifs is 2. The second-order valence-corrected chi connectivity index (χ2v) is 9.18. The number of hydrogen-bond donors (Lipinski definition) is 2. The molecule has 6 rings (SSSR count). The number of likely N-dealkylation sites (tertiary alicyclic amines) is 1. The van der Waals surface area contributed by atoms with Crippen LogP contribution in [0.5, 0.6) is 0 Å². The van der Waals surface area contributed by atoms with Crippen molar-refractivity contribution in [2.45, 2.75) is 31.1 Å². The number of carbonyl (C=O) groups excluding carboxylic acids is 1. The Morgan fingerprint density at radius 2 is 2.17 bits per heavy atom. The molecule has 4 aromatic heterocycles. The number of halogens is 2. The molecule has 4 aromatic rings. The summed E-state index contributed by atoms with van der Waals surface area (Å²) in [6, 6.07) is 3.61. The minimum absolute atomic E-state index is 0.206. The van der Waals surface area contributed by atoms with Crippen LogP contribution in [0.4, 0.5) is 14.6 Å². The van der Waals surface area contributed by atoms with E-state index in [9.17, 15) is 13.6 Å². The Morgan fingerprint density at radius 1 is 1.31 bits per heavy atom. The maximum absolute atomic E-state index is 13.4. The molecule has 1 amide bonds. The molecular weight excluding hydrogens is 454 g/mol. The SMILES string of the molecule is CNc1cc(-c2cn([C@H]3CCN(CCF)C3)c3cnccc23)nc2c(C(=O)N[C@@H]3C[C@@H]3F)cnn12. The summed E-state index contributed by atoms with van der Waals surface area (Å²) in [6.45, 7) is 1.73. The van der Waals surface area contributed by atoms with Gasteiger partial charge < -0.3 is 15.2 Å². The van der Waals surface area contributed by atoms with Crippen LogP contribution in [0.15, 0.2) is 36.9 Å². The Kier molecular flexibility index (Phi) is 5.36. The molecule has 9 nitrogen and oxygen atoms in total. The maximum atomic E-state index is 13.4. The van der Waals surface area contributed by atoms with Gasteiger partial charge in [0.25, 0.3) is 5.91 Å². The van der Waals surface area contributed by atoms with Gasteiger partial charge in [-0.15, -0.1) is 0 Å². The Labute approximate surface area is 200 Å². The average molecular weight is 481 g/mol. The van der Waals surface area contributed by atoms with Crippen molar-refractivity contribution in [1.82, 2.24) is 34.4 Å². The number of carbonyl (C=O) groups is 1. The number of alkyl halides is 2. The van der Waals surface area contributed by atoms with Crippen LogP contribution in [0.1, 0.15) is 29.2 Å². The summed E-state index contributed by atoms with van der Waals surface area (Å²) in [4.78, 5) is 24.1. The van der Waals surface area contributed by atoms with Gasteiger partial charge in [0.15, 0.2) is 5.65 Å². The smallest absolute Gasteiger partial charge is 0.257 e. The predicted molar refractivity (Wildman–Crippen MR) is 128 cm³/mol. The van der Waals surface area contributed by atoms with Crippen molar-refractivity contribution in [3.63, 3.8) is 0 Å². The first-order valence-electron chi connectivity index (χ1n) is 11.8. The van der Waals surface area contributed by atoms with Gasteiger partial charge >= 0.3 is 0 Å². The first kappa shape index (κ1) is 21.9. The van der Waals surface area contributed by atoms with Crippen molar-refractivity contribution in [1.29, 1.82) is 0 Å². The van der Waals surface area contributed by atoms with E-state index >= 15 is 0 Å². The van der Waals surface area contributed by atoms with E-state index < -0.39 is 12.2 Å². The molecule has 1 aliphatic carbocycles. The minimum atomic E-state index is -0.992. The second-order valence-electron chi connectivity index (χ2n) is 9.18. The number of pyridine rings is 1. The van der Waals surface area contributed by atoms with Gasteiger partial charge in [-0.3, -0.25) is 14.7 Å². The van der Waals surface area contributed by atoms with Gasteiger partial charge in [0.2, 0.25) is 0 Å². The second kappa shape index (κ2) is 8.56. The van der Waals surface area contributed by atoms with Crippen molar-refractivity contribution >= 4 is 28.3 Å². The van der Waals surface area contributed by atoms with Crippen molar-refractivity contribution in [3.8, 4) is 11.3 Å². The van der Waals surface area contributed by atoms with Crippen LogP contribution >= 0.6 is 0 Å². The van der Waals surface area contributed by atoms with Crippen LogP contribution in [-0.2, 0) is 0 Å². The fourth-order valence-corrected chi connectivity index (χ4v) is 4.96. The minimum Gasteiger partial charge on any atom is -0.373 e. The number of aromatic nitrogens is 5. The Morgan fingerprint density at radius 3 is 2.94 bits per heavy atom. The van der Waals surface area contributed by atoms with Gasteiger partial charge in [0, 0.05) is 68.6 Å². The molecule has 11 heteroatoms. The highest BCUT2D eigenvalue weighted by molar-refractivity contribution is 6.01. The van der Waals surface area contributed by atoms with E-state index in [1.165, 1.54) is 6.20 Å². The van der Waals surface area contributed by atoms with E-state index in [0.29, 0.717) is 35.7 Å². The number of hydrogen-bond acceptors (Lipinski definition) is 6. The standard InChI is InChI=1S/C24H26F2N8O/c1-27-22-9-19(30-23-16(10-29-34(22)23)24(35)31-20-8-18(20)26)17-13-33(21-11-28-5-2-15(17)21)14-3-6-32(12-14)7-4-25/h2,5,9-11,13-14,18,20,27H,3-4,6-8,12H2,1H3,(H,31,35)/t14-,18-,20+/m0/s1. The number of rotatable bonds is 7. The van der Waals surface area contributed by atoms with Gasteiger partial charge in [-0.05, 0) is 12.5 Å². The molecule has 0 radical (unpaired) electrons. The van der Waals surface area contributed by atoms with Crippen molar-refractivity contribution < 1.29 is 13.6 Å². The monoisotopic (exact) mass is 480 g/mol. The molecule has 1 saturated heterocycles. The summed E-state index contributed by atoms with van der Waals surface area (Å²) in [5, 5.41) is 11.2. The highest BCUT2D eigenvalue weighted by Gasteiger charge is 2.39. The van der Waals surface area contributed by atoms with E-state index in [1.54, 1.807) is 17.8 Å². The van der Waals surface area contributed by atoms with Crippen LogP contribution in [0, 0.1) is 0 Å². The zero-order chi connectivity index (χ0) is 24.1. The molecule has 0 bridgehead atoms. The van der Waals surface area contributed by atoms with Crippen LogP contribution < -0.4 is 10.6 Å². The predicted octanol–water partition coefficient (Wildman–Crippen LogP) is 2.84. The lowest BCUT2D eigenvalue weighted by Gasteiger charge is -2.16. The zero-order valence-corrected chi connectivity index (χ0v) is 19.3. The number of anilines is 1. The Hall–Kier alpha value is -3.60. The molecule has 1 saturated carbocycles. The Bertz CT molecular complexity index is 1420. The van der Waals surface area contributed by atoms with Gasteiger partial charge in [-0.1, -0.05) is 0 Å². The summed E-state index contributed by atoms with van der Waals surface area (Å²) in [5.41, 5.74) is 3.26. The molecule has 2 fully saturated rings. The molecule has 0 aromatic carbocycles. The lowest BCUT2D eigenvalue weighted by Crippen LogP contribution is -2.27. The molecule has 0 spiro atoms. The summed E-state index contributed by atoms with van der Waals surface area (Å²) < 4.78 is 30.0. The summed E-state index contributed by atoms with van der Waals surface area (Å²) in [7, 11) is 1.78. The fourth-order valence-electron chi connectivity index (χ4n) is 4.96. The van der Waals surface area contributed by atoms with Gasteiger partial charge in [-0.25, -0.2) is 13.8 Å². The van der Waals surface area contributed by atoms with Crippen LogP contribution in [0.2, 0.25) is 0 Å². The third-order valence-corrected chi connectivity index (χ3v) is 6.96. The highest BCUT2D eigenvalue weighted by Crippen LogP contribution is 2.35. The Balaban J connectivity index is 1.44. The van der Waals surface area contributed by atoms with Crippen LogP contribution in [0.3, 0.4) is 0 Å². The van der Waals surface area contributed by atoms with Gasteiger partial charge in [0.05, 0.1) is 29.6 Å². The molecule has 5 heterocycles. The quantitative estimate of drug-likeness (QED) is 0.423. The number of nitrogens with zero attached hydrogens (tertiary/aromatic N) is 6. The first-order chi connectivity index (χ1) is 17.1. The summed E-state index contributed by atoms with van der Waals surface area (Å²) in [6.07, 6.45) is 7.39. The molecule has 0 unspecified atom stereocenters. The van der Waals surface area contributed by atoms with Crippen molar-refractivity contribution in [2.75, 3.05) is 38.7 Å². The van der Waals surface area contributed by atoms with E-state index in [1.807, 2.05) is 18.3 Å². The van der Waals surface area contributed by atoms with E-state index in [4.69, 9.17) is 4.98 Å². The van der Waals surface area contributed by atoms with Gasteiger partial charge in [-0.2, -0.15) is 9.61 Å². The average Bonchev–Trinajstić information content (AvgIpc) is 3.26. The molecule has 2 aliphatic rings. The molecular formula is C24H26F2N8O. The van der Waals surface area contributed by atoms with Crippen LogP contribution in [-0.4, -0.2) is 80.5 Å². The number of nitrogens with one attached hydrogen (secondary N) is 2. The van der Waals surface area contributed by atoms with E-state index in [2.05, 4.69) is 36.4 Å². The molecule has 2 N–H and O–H groups in total. The van der Waals surface area contributed by atoms with Crippen LogP contribution in [0.25, 0.3) is 27.8 Å². The lowest BCUT2D eigenvalue weighted by molar-refractivity contribution is 0.0949. The zero-order valence-electron chi connectivity index (χ0n) is 19.3. The molecule has 182 valence electrons. The summed E-state index contributed by atoms with van der Waals surface area (Å²) >= 11 is 0. The third-order valence-electron chi connectivity index (χ3n) is 6.96. The lowest BCUT2D eigenvalue weighted by atomic mass is 10.1. The highest BCUT2D eigenvalue weighted by atomic mass is 19.1. The molecule has 35 heavy (non-hydrogen) atoms. The van der Waals surface area contributed by atoms with E-state index in [0.717, 1.165) is 36.0 Å². The maximum Gasteiger partial charge on any atom is 0.257 e. The van der Waals surface area contributed by atoms with Crippen molar-refractivity contribution in [2.24, 2.45) is 0 Å². The van der Waals surface area contributed by atoms with Crippen molar-refractivity contribution in [3.05, 3.63) is 42.5 Å². The molecule has 3 atom stereocenters. The van der Waals surface area contributed by atoms with Gasteiger partial charge in [0.1, 0.15) is 24.2 Å². The topological polar surface area (TPSA) is 92.4 Å².